The van der Waals surface area contributed by atoms with Gasteiger partial charge in [-0.3, -0.25) is 0 Å². The van der Waals surface area contributed by atoms with Gasteiger partial charge in [-0.1, -0.05) is 0 Å². The third-order valence-corrected chi connectivity index (χ3v) is 5.80. The molecule has 2 aromatic heterocycles. The Morgan fingerprint density at radius 2 is 1.06 bits per heavy atom. The highest BCUT2D eigenvalue weighted by atomic mass is 16.5. The number of fused-ring (bicyclic) bond motifs is 1. The van der Waals surface area contributed by atoms with E-state index in [0.717, 1.165) is 39.4 Å². The molecule has 0 fully saturated rings. The van der Waals surface area contributed by atoms with Crippen molar-refractivity contribution in [3.63, 3.8) is 0 Å². The maximum atomic E-state index is 5.63. The van der Waals surface area contributed by atoms with Crippen molar-refractivity contribution in [1.82, 2.24) is 14.6 Å². The first kappa shape index (κ1) is 24.0. The predicted octanol–water partition coefficient (Wildman–Crippen LogP) is 4.73. The van der Waals surface area contributed by atoms with E-state index in [1.54, 1.807) is 42.7 Å². The van der Waals surface area contributed by atoms with Crippen molar-refractivity contribution in [3.8, 4) is 56.9 Å². The number of nitrogens with zero attached hydrogens (tertiary/aromatic N) is 3. The zero-order valence-electron chi connectivity index (χ0n) is 21.2. The van der Waals surface area contributed by atoms with Crippen LogP contribution in [0.3, 0.4) is 0 Å². The molecule has 2 aromatic carbocycles. The topological polar surface area (TPSA) is 85.6 Å². The number of rotatable bonds is 8. The molecule has 0 atom stereocenters. The first-order valence-electron chi connectivity index (χ1n) is 10.9. The van der Waals surface area contributed by atoms with Crippen LogP contribution in [0, 0.1) is 13.8 Å². The summed E-state index contributed by atoms with van der Waals surface area (Å²) in [6, 6.07) is 9.53. The van der Waals surface area contributed by atoms with E-state index in [0.29, 0.717) is 34.5 Å². The van der Waals surface area contributed by atoms with Gasteiger partial charge in [-0.2, -0.15) is 5.10 Å². The van der Waals surface area contributed by atoms with Gasteiger partial charge in [0.25, 0.3) is 0 Å². The van der Waals surface area contributed by atoms with Crippen molar-refractivity contribution in [2.45, 2.75) is 13.8 Å². The molecule has 0 aliphatic heterocycles. The number of aryl methyl sites for hydroxylation is 2. The molecule has 4 aromatic rings. The molecule has 0 saturated heterocycles. The maximum absolute atomic E-state index is 5.63. The number of aromatic nitrogens is 3. The molecule has 184 valence electrons. The molecule has 0 unspecified atom stereocenters. The summed E-state index contributed by atoms with van der Waals surface area (Å²) in [7, 11) is 9.51. The van der Waals surface area contributed by atoms with Crippen molar-refractivity contribution in [2.24, 2.45) is 0 Å². The van der Waals surface area contributed by atoms with Gasteiger partial charge >= 0.3 is 0 Å². The Hall–Kier alpha value is -4.14. The normalized spacial score (nSPS) is 10.9. The van der Waals surface area contributed by atoms with Crippen molar-refractivity contribution in [2.75, 3.05) is 42.7 Å². The van der Waals surface area contributed by atoms with Crippen LogP contribution in [0.1, 0.15) is 11.4 Å². The molecule has 0 radical (unpaired) electrons. The number of ether oxygens (including phenoxy) is 6. The molecule has 35 heavy (non-hydrogen) atoms. The summed E-state index contributed by atoms with van der Waals surface area (Å²) in [5.41, 5.74) is 5.64. The number of hydrogen-bond donors (Lipinski definition) is 0. The summed E-state index contributed by atoms with van der Waals surface area (Å²) < 4.78 is 35.4. The second kappa shape index (κ2) is 9.61. The van der Waals surface area contributed by atoms with Crippen LogP contribution in [-0.4, -0.2) is 57.3 Å². The highest BCUT2D eigenvalue weighted by Crippen LogP contribution is 2.47. The summed E-state index contributed by atoms with van der Waals surface area (Å²) in [6.45, 7) is 3.89. The lowest BCUT2D eigenvalue weighted by Gasteiger charge is -2.20. The van der Waals surface area contributed by atoms with E-state index >= 15 is 0 Å². The van der Waals surface area contributed by atoms with Crippen LogP contribution >= 0.6 is 0 Å². The standard InChI is InChI=1S/C26H29N3O6/c1-14-9-22-27-15(2)23(16-10-18(30-3)25(34-7)19(11-16)31-4)24(29(22)28-14)17-12-20(32-5)26(35-8)21(13-17)33-6/h9-13H,1-8H3. The Bertz CT molecular complexity index is 1350. The fraction of sp³-hybridized carbons (Fsp3) is 0.308. The Morgan fingerprint density at radius 3 is 1.49 bits per heavy atom. The lowest BCUT2D eigenvalue weighted by Crippen LogP contribution is -2.05. The van der Waals surface area contributed by atoms with Crippen LogP contribution in [0.25, 0.3) is 28.0 Å². The van der Waals surface area contributed by atoms with E-state index in [1.807, 2.05) is 48.7 Å². The summed E-state index contributed by atoms with van der Waals surface area (Å²) in [4.78, 5) is 4.83. The van der Waals surface area contributed by atoms with Crippen molar-refractivity contribution >= 4 is 5.65 Å². The smallest absolute Gasteiger partial charge is 0.203 e. The second-order valence-corrected chi connectivity index (χ2v) is 7.80. The molecule has 4 rings (SSSR count). The predicted molar refractivity (Wildman–Crippen MR) is 133 cm³/mol. The van der Waals surface area contributed by atoms with Crippen LogP contribution in [0.5, 0.6) is 34.5 Å². The zero-order valence-corrected chi connectivity index (χ0v) is 21.2. The van der Waals surface area contributed by atoms with E-state index in [-0.39, 0.29) is 0 Å². The summed E-state index contributed by atoms with van der Waals surface area (Å²) in [5, 5.41) is 4.74. The average Bonchev–Trinajstić information content (AvgIpc) is 3.25. The highest BCUT2D eigenvalue weighted by molar-refractivity contribution is 5.87. The van der Waals surface area contributed by atoms with E-state index in [9.17, 15) is 0 Å². The first-order chi connectivity index (χ1) is 16.9. The molecule has 0 N–H and O–H groups in total. The third-order valence-electron chi connectivity index (χ3n) is 5.80. The van der Waals surface area contributed by atoms with Crippen LogP contribution < -0.4 is 28.4 Å². The van der Waals surface area contributed by atoms with Gasteiger partial charge in [0.1, 0.15) is 0 Å². The summed E-state index contributed by atoms with van der Waals surface area (Å²) in [5.74, 6) is 3.15. The minimum Gasteiger partial charge on any atom is -0.493 e. The molecule has 0 amide bonds. The van der Waals surface area contributed by atoms with E-state index in [1.165, 1.54) is 0 Å². The molecule has 0 spiro atoms. The monoisotopic (exact) mass is 479 g/mol. The van der Waals surface area contributed by atoms with Gasteiger partial charge in [0.2, 0.25) is 11.5 Å². The fourth-order valence-corrected chi connectivity index (χ4v) is 4.29. The number of methoxy groups -OCH3 is 6. The SMILES string of the molecule is COc1cc(-c2c(C)nc3cc(C)nn3c2-c2cc(OC)c(OC)c(OC)c2)cc(OC)c1OC. The van der Waals surface area contributed by atoms with Gasteiger partial charge in [0.05, 0.1) is 54.0 Å². The minimum absolute atomic E-state index is 0.506. The molecule has 0 aliphatic carbocycles. The van der Waals surface area contributed by atoms with Crippen LogP contribution in [0.2, 0.25) is 0 Å². The van der Waals surface area contributed by atoms with Gasteiger partial charge in [-0.05, 0) is 43.7 Å². The third kappa shape index (κ3) is 4.03. The van der Waals surface area contributed by atoms with Gasteiger partial charge in [0, 0.05) is 22.9 Å². The summed E-state index contributed by atoms with van der Waals surface area (Å²) >= 11 is 0. The molecular formula is C26H29N3O6. The lowest BCUT2D eigenvalue weighted by atomic mass is 9.96. The number of benzene rings is 2. The van der Waals surface area contributed by atoms with E-state index in [4.69, 9.17) is 38.5 Å². The minimum atomic E-state index is 0.506. The zero-order chi connectivity index (χ0) is 25.3. The highest BCUT2D eigenvalue weighted by Gasteiger charge is 2.24. The van der Waals surface area contributed by atoms with Crippen molar-refractivity contribution in [1.29, 1.82) is 0 Å². The van der Waals surface area contributed by atoms with Crippen molar-refractivity contribution < 1.29 is 28.4 Å². The van der Waals surface area contributed by atoms with Crippen LogP contribution in [-0.2, 0) is 0 Å². The summed E-state index contributed by atoms with van der Waals surface area (Å²) in [6.07, 6.45) is 0. The first-order valence-corrected chi connectivity index (χ1v) is 10.9. The Morgan fingerprint density at radius 1 is 0.600 bits per heavy atom. The van der Waals surface area contributed by atoms with E-state index < -0.39 is 0 Å². The Balaban J connectivity index is 2.14. The molecule has 9 heteroatoms. The van der Waals surface area contributed by atoms with Gasteiger partial charge in [-0.15, -0.1) is 0 Å². The molecule has 0 aliphatic rings. The van der Waals surface area contributed by atoms with Gasteiger partial charge in [0.15, 0.2) is 28.6 Å². The lowest BCUT2D eigenvalue weighted by molar-refractivity contribution is 0.324. The van der Waals surface area contributed by atoms with Crippen molar-refractivity contribution in [3.05, 3.63) is 41.7 Å². The number of hydrogen-bond acceptors (Lipinski definition) is 8. The molecule has 2 heterocycles. The van der Waals surface area contributed by atoms with Gasteiger partial charge in [-0.25, -0.2) is 9.50 Å². The molecule has 0 saturated carbocycles. The molecular weight excluding hydrogens is 450 g/mol. The Kier molecular flexibility index (Phi) is 6.59. The van der Waals surface area contributed by atoms with Crippen LogP contribution in [0.15, 0.2) is 30.3 Å². The Labute approximate surface area is 204 Å². The van der Waals surface area contributed by atoms with E-state index in [2.05, 4.69) is 0 Å². The molecule has 0 bridgehead atoms. The van der Waals surface area contributed by atoms with Gasteiger partial charge < -0.3 is 28.4 Å². The average molecular weight is 480 g/mol. The quantitative estimate of drug-likeness (QED) is 0.359. The fourth-order valence-electron chi connectivity index (χ4n) is 4.29. The molecule has 9 nitrogen and oxygen atoms in total. The maximum Gasteiger partial charge on any atom is 0.203 e. The van der Waals surface area contributed by atoms with Crippen LogP contribution in [0.4, 0.5) is 0 Å². The second-order valence-electron chi connectivity index (χ2n) is 7.80. The largest absolute Gasteiger partial charge is 0.493 e.